The van der Waals surface area contributed by atoms with Crippen LogP contribution in [0.15, 0.2) is 36.7 Å². The van der Waals surface area contributed by atoms with E-state index in [1.54, 1.807) is 31.5 Å². The van der Waals surface area contributed by atoms with Crippen molar-refractivity contribution in [3.63, 3.8) is 0 Å². The van der Waals surface area contributed by atoms with E-state index >= 15 is 0 Å². The van der Waals surface area contributed by atoms with E-state index < -0.39 is 10.0 Å². The van der Waals surface area contributed by atoms with Gasteiger partial charge in [0.1, 0.15) is 5.82 Å². The lowest BCUT2D eigenvalue weighted by atomic mass is 10.3. The number of pyridine rings is 1. The van der Waals surface area contributed by atoms with Gasteiger partial charge < -0.3 is 5.32 Å². The summed E-state index contributed by atoms with van der Waals surface area (Å²) in [6.45, 7) is 2.37. The lowest BCUT2D eigenvalue weighted by Crippen LogP contribution is -2.17. The summed E-state index contributed by atoms with van der Waals surface area (Å²) >= 11 is 0. The van der Waals surface area contributed by atoms with Gasteiger partial charge in [-0.1, -0.05) is 13.0 Å². The van der Waals surface area contributed by atoms with Crippen LogP contribution in [0.2, 0.25) is 0 Å². The summed E-state index contributed by atoms with van der Waals surface area (Å²) in [5, 5.41) is 10.9. The summed E-state index contributed by atoms with van der Waals surface area (Å²) in [5.41, 5.74) is 1.02. The second kappa shape index (κ2) is 6.98. The molecule has 0 saturated heterocycles. The highest BCUT2D eigenvalue weighted by Gasteiger charge is 2.09. The molecule has 0 atom stereocenters. The van der Waals surface area contributed by atoms with Crippen LogP contribution in [0, 0.1) is 0 Å². The van der Waals surface area contributed by atoms with Crippen molar-refractivity contribution in [2.75, 3.05) is 15.8 Å². The molecule has 2 aromatic rings. The molecule has 0 bridgehead atoms. The maximum Gasteiger partial charge on any atom is 0.233 e. The van der Waals surface area contributed by atoms with Gasteiger partial charge in [0.15, 0.2) is 5.82 Å². The largest absolute Gasteiger partial charge is 0.364 e. The summed E-state index contributed by atoms with van der Waals surface area (Å²) in [5.74, 6) is 0.850. The highest BCUT2D eigenvalue weighted by molar-refractivity contribution is 7.92. The predicted molar refractivity (Wildman–Crippen MR) is 81.3 cm³/mol. The van der Waals surface area contributed by atoms with Crippen LogP contribution in [0.4, 0.5) is 11.6 Å². The minimum Gasteiger partial charge on any atom is -0.364 e. The van der Waals surface area contributed by atoms with Gasteiger partial charge in [-0.3, -0.25) is 9.71 Å². The van der Waals surface area contributed by atoms with Crippen LogP contribution < -0.4 is 10.0 Å². The van der Waals surface area contributed by atoms with Crippen molar-refractivity contribution in [3.05, 3.63) is 42.2 Å². The predicted octanol–water partition coefficient (Wildman–Crippen LogP) is 1.64. The molecule has 2 aromatic heterocycles. The van der Waals surface area contributed by atoms with E-state index in [0.29, 0.717) is 18.8 Å². The molecule has 0 aliphatic carbocycles. The minimum absolute atomic E-state index is 0.0652. The van der Waals surface area contributed by atoms with Gasteiger partial charge in [-0.2, -0.15) is 0 Å². The Balaban J connectivity index is 1.93. The van der Waals surface area contributed by atoms with Gasteiger partial charge in [0.05, 0.1) is 5.75 Å². The van der Waals surface area contributed by atoms with Crippen molar-refractivity contribution >= 4 is 21.7 Å². The minimum atomic E-state index is -3.33. The van der Waals surface area contributed by atoms with Crippen molar-refractivity contribution in [1.29, 1.82) is 0 Å². The number of nitrogens with one attached hydrogen (secondary N) is 2. The van der Waals surface area contributed by atoms with Crippen LogP contribution in [0.3, 0.4) is 0 Å². The third kappa shape index (κ3) is 4.99. The van der Waals surface area contributed by atoms with Gasteiger partial charge in [0, 0.05) is 18.9 Å². The number of aromatic nitrogens is 3. The first-order chi connectivity index (χ1) is 10.1. The molecule has 0 aliphatic rings. The first-order valence-electron chi connectivity index (χ1n) is 6.56. The smallest absolute Gasteiger partial charge is 0.233 e. The number of nitrogens with zero attached hydrogens (tertiary/aromatic N) is 3. The zero-order valence-electron chi connectivity index (χ0n) is 11.7. The van der Waals surface area contributed by atoms with E-state index in [1.165, 1.54) is 0 Å². The highest BCUT2D eigenvalue weighted by Crippen LogP contribution is 2.09. The van der Waals surface area contributed by atoms with Crippen LogP contribution in [-0.2, 0) is 16.6 Å². The third-order valence-corrected chi connectivity index (χ3v) is 4.06. The molecule has 0 aromatic carbocycles. The molecule has 0 radical (unpaired) electrons. The molecule has 0 saturated carbocycles. The lowest BCUT2D eigenvalue weighted by Gasteiger charge is -2.07. The second-order valence-corrected chi connectivity index (χ2v) is 6.28. The summed E-state index contributed by atoms with van der Waals surface area (Å²) in [6.07, 6.45) is 4.02. The van der Waals surface area contributed by atoms with Crippen LogP contribution in [0.1, 0.15) is 18.9 Å². The molecule has 0 aliphatic heterocycles. The Hall–Kier alpha value is -2.22. The molecule has 0 amide bonds. The van der Waals surface area contributed by atoms with Crippen LogP contribution in [0.25, 0.3) is 0 Å². The molecule has 2 rings (SSSR count). The summed E-state index contributed by atoms with van der Waals surface area (Å²) in [7, 11) is -3.33. The molecular weight excluding hydrogens is 290 g/mol. The Labute approximate surface area is 123 Å². The molecular formula is C13H17N5O2S. The Morgan fingerprint density at radius 2 is 1.90 bits per heavy atom. The SMILES string of the molecule is CCCS(=O)(=O)Nc1ccc(NCc2cccnc2)nn1. The molecule has 0 fully saturated rings. The molecule has 0 spiro atoms. The monoisotopic (exact) mass is 307 g/mol. The van der Waals surface area contributed by atoms with Crippen molar-refractivity contribution in [2.24, 2.45) is 0 Å². The fourth-order valence-electron chi connectivity index (χ4n) is 1.66. The summed E-state index contributed by atoms with van der Waals surface area (Å²) < 4.78 is 25.6. The topological polar surface area (TPSA) is 96.9 Å². The molecule has 2 N–H and O–H groups in total. The van der Waals surface area contributed by atoms with Crippen molar-refractivity contribution in [3.8, 4) is 0 Å². The number of rotatable bonds is 7. The Kier molecular flexibility index (Phi) is 5.04. The molecule has 112 valence electrons. The number of sulfonamides is 1. The number of hydrogen-bond donors (Lipinski definition) is 2. The van der Waals surface area contributed by atoms with E-state index in [-0.39, 0.29) is 11.6 Å². The third-order valence-electron chi connectivity index (χ3n) is 2.59. The van der Waals surface area contributed by atoms with E-state index in [2.05, 4.69) is 25.2 Å². The second-order valence-electron chi connectivity index (χ2n) is 4.44. The first-order valence-corrected chi connectivity index (χ1v) is 8.21. The van der Waals surface area contributed by atoms with Gasteiger partial charge >= 0.3 is 0 Å². The van der Waals surface area contributed by atoms with Gasteiger partial charge in [0.25, 0.3) is 0 Å². The standard InChI is InChI=1S/C13H17N5O2S/c1-2-8-21(19,20)18-13-6-5-12(16-17-13)15-10-11-4-3-7-14-9-11/h3-7,9H,2,8,10H2,1H3,(H,15,16)(H,17,18). The van der Waals surface area contributed by atoms with Gasteiger partial charge in [0.2, 0.25) is 10.0 Å². The van der Waals surface area contributed by atoms with Crippen molar-refractivity contribution in [1.82, 2.24) is 15.2 Å². The summed E-state index contributed by atoms with van der Waals surface area (Å²) in [6, 6.07) is 7.05. The van der Waals surface area contributed by atoms with E-state index in [9.17, 15) is 8.42 Å². The fourth-order valence-corrected chi connectivity index (χ4v) is 2.72. The van der Waals surface area contributed by atoms with Gasteiger partial charge in [-0.05, 0) is 30.2 Å². The maximum atomic E-state index is 11.6. The van der Waals surface area contributed by atoms with E-state index in [1.807, 2.05) is 12.1 Å². The lowest BCUT2D eigenvalue weighted by molar-refractivity contribution is 0.599. The summed E-state index contributed by atoms with van der Waals surface area (Å²) in [4.78, 5) is 4.02. The molecule has 7 nitrogen and oxygen atoms in total. The van der Waals surface area contributed by atoms with Gasteiger partial charge in [-0.25, -0.2) is 8.42 Å². The van der Waals surface area contributed by atoms with Crippen LogP contribution in [-0.4, -0.2) is 29.4 Å². The quantitative estimate of drug-likeness (QED) is 0.807. The van der Waals surface area contributed by atoms with Crippen LogP contribution in [0.5, 0.6) is 0 Å². The molecule has 21 heavy (non-hydrogen) atoms. The van der Waals surface area contributed by atoms with Crippen LogP contribution >= 0.6 is 0 Å². The number of hydrogen-bond acceptors (Lipinski definition) is 6. The average Bonchev–Trinajstić information content (AvgIpc) is 2.47. The van der Waals surface area contributed by atoms with Crippen molar-refractivity contribution in [2.45, 2.75) is 19.9 Å². The van der Waals surface area contributed by atoms with Gasteiger partial charge in [-0.15, -0.1) is 10.2 Å². The Morgan fingerprint density at radius 1 is 1.14 bits per heavy atom. The zero-order valence-corrected chi connectivity index (χ0v) is 12.5. The maximum absolute atomic E-state index is 11.6. The molecule has 0 unspecified atom stereocenters. The molecule has 2 heterocycles. The molecule has 8 heteroatoms. The number of anilines is 2. The van der Waals surface area contributed by atoms with Crippen molar-refractivity contribution < 1.29 is 8.42 Å². The Bertz CT molecular complexity index is 659. The fraction of sp³-hybridized carbons (Fsp3) is 0.308. The zero-order chi connectivity index (χ0) is 15.1. The average molecular weight is 307 g/mol. The Morgan fingerprint density at radius 3 is 2.52 bits per heavy atom. The normalized spacial score (nSPS) is 11.1. The first kappa shape index (κ1) is 15.2. The highest BCUT2D eigenvalue weighted by atomic mass is 32.2. The van der Waals surface area contributed by atoms with E-state index in [4.69, 9.17) is 0 Å². The van der Waals surface area contributed by atoms with E-state index in [0.717, 1.165) is 5.56 Å².